The van der Waals surface area contributed by atoms with Crippen molar-refractivity contribution in [2.75, 3.05) is 18.4 Å². The summed E-state index contributed by atoms with van der Waals surface area (Å²) in [6.45, 7) is 4.56. The summed E-state index contributed by atoms with van der Waals surface area (Å²) in [4.78, 5) is 35.3. The van der Waals surface area contributed by atoms with Gasteiger partial charge < -0.3 is 16.0 Å². The smallest absolute Gasteiger partial charge is 0.226 e. The molecule has 1 aromatic rings. The zero-order valence-electron chi connectivity index (χ0n) is 14.5. The number of aryl methyl sites for hydroxylation is 1. The van der Waals surface area contributed by atoms with Crippen molar-refractivity contribution in [1.82, 2.24) is 10.6 Å². The molecule has 1 aliphatic carbocycles. The molecule has 0 bridgehead atoms. The first-order chi connectivity index (χ1) is 11.9. The molecule has 1 aromatic carbocycles. The van der Waals surface area contributed by atoms with Gasteiger partial charge in [-0.1, -0.05) is 28.9 Å². The number of anilines is 1. The first-order valence-electron chi connectivity index (χ1n) is 8.47. The fourth-order valence-electron chi connectivity index (χ4n) is 2.46. The molecular weight excluding hydrogens is 386 g/mol. The van der Waals surface area contributed by atoms with Crippen LogP contribution < -0.4 is 16.0 Å². The van der Waals surface area contributed by atoms with E-state index >= 15 is 0 Å². The van der Waals surface area contributed by atoms with E-state index in [2.05, 4.69) is 31.9 Å². The van der Waals surface area contributed by atoms with Gasteiger partial charge in [-0.25, -0.2) is 0 Å². The Hall–Kier alpha value is -1.89. The van der Waals surface area contributed by atoms with Crippen LogP contribution in [0.1, 0.15) is 31.7 Å². The largest absolute Gasteiger partial charge is 0.356 e. The third-order valence-electron chi connectivity index (χ3n) is 4.25. The lowest BCUT2D eigenvalue weighted by Gasteiger charge is -2.10. The molecule has 2 atom stereocenters. The van der Waals surface area contributed by atoms with Crippen molar-refractivity contribution in [3.8, 4) is 0 Å². The second-order valence-electron chi connectivity index (χ2n) is 6.47. The van der Waals surface area contributed by atoms with Gasteiger partial charge in [-0.3, -0.25) is 14.4 Å². The molecule has 2 unspecified atom stereocenters. The van der Waals surface area contributed by atoms with Crippen molar-refractivity contribution in [3.05, 3.63) is 28.2 Å². The molecule has 1 saturated carbocycles. The van der Waals surface area contributed by atoms with Gasteiger partial charge in [-0.2, -0.15) is 0 Å². The average Bonchev–Trinajstić information content (AvgIpc) is 3.28. The van der Waals surface area contributed by atoms with E-state index in [1.807, 2.05) is 32.0 Å². The van der Waals surface area contributed by atoms with E-state index in [4.69, 9.17) is 0 Å². The van der Waals surface area contributed by atoms with Gasteiger partial charge in [0.15, 0.2) is 0 Å². The van der Waals surface area contributed by atoms with E-state index in [1.165, 1.54) is 0 Å². The molecule has 0 aliphatic heterocycles. The highest BCUT2D eigenvalue weighted by Gasteiger charge is 2.38. The SMILES string of the molecule is Cc1ccc(Br)cc1NC(=O)CCNC(=O)CCNC(=O)C1CC1C. The highest BCUT2D eigenvalue weighted by atomic mass is 79.9. The number of hydrogen-bond donors (Lipinski definition) is 3. The summed E-state index contributed by atoms with van der Waals surface area (Å²) in [5.74, 6) is 0.284. The quantitative estimate of drug-likeness (QED) is 0.615. The lowest BCUT2D eigenvalue weighted by atomic mass is 10.2. The molecule has 0 heterocycles. The second-order valence-corrected chi connectivity index (χ2v) is 7.38. The molecule has 3 N–H and O–H groups in total. The van der Waals surface area contributed by atoms with E-state index in [1.54, 1.807) is 0 Å². The number of rotatable bonds is 8. The lowest BCUT2D eigenvalue weighted by Crippen LogP contribution is -2.33. The van der Waals surface area contributed by atoms with Gasteiger partial charge in [0.2, 0.25) is 17.7 Å². The lowest BCUT2D eigenvalue weighted by molar-refractivity contribution is -0.123. The second kappa shape index (κ2) is 8.99. The van der Waals surface area contributed by atoms with Crippen LogP contribution in [-0.4, -0.2) is 30.8 Å². The van der Waals surface area contributed by atoms with Crippen molar-refractivity contribution >= 4 is 39.3 Å². The molecule has 1 fully saturated rings. The van der Waals surface area contributed by atoms with E-state index in [0.29, 0.717) is 12.5 Å². The minimum Gasteiger partial charge on any atom is -0.356 e. The van der Waals surface area contributed by atoms with Gasteiger partial charge in [0.25, 0.3) is 0 Å². The molecule has 2 rings (SSSR count). The number of benzene rings is 1. The van der Waals surface area contributed by atoms with E-state index in [9.17, 15) is 14.4 Å². The Balaban J connectivity index is 1.59. The fraction of sp³-hybridized carbons (Fsp3) is 0.500. The molecule has 136 valence electrons. The standard InChI is InChI=1S/C18H24BrN3O3/c1-11-3-4-13(19)10-15(11)22-17(24)6-7-20-16(23)5-8-21-18(25)14-9-12(14)2/h3-4,10,12,14H,5-9H2,1-2H3,(H,20,23)(H,21,25)(H,22,24). The Morgan fingerprint density at radius 1 is 1.12 bits per heavy atom. The zero-order chi connectivity index (χ0) is 18.4. The van der Waals surface area contributed by atoms with Crippen molar-refractivity contribution in [2.24, 2.45) is 11.8 Å². The molecule has 0 aromatic heterocycles. The predicted molar refractivity (Wildman–Crippen MR) is 100 cm³/mol. The molecule has 3 amide bonds. The number of nitrogens with one attached hydrogen (secondary N) is 3. The van der Waals surface area contributed by atoms with Crippen molar-refractivity contribution in [1.29, 1.82) is 0 Å². The van der Waals surface area contributed by atoms with Crippen LogP contribution in [0.15, 0.2) is 22.7 Å². The monoisotopic (exact) mass is 409 g/mol. The van der Waals surface area contributed by atoms with E-state index in [-0.39, 0.29) is 43.0 Å². The van der Waals surface area contributed by atoms with Crippen LogP contribution in [0.2, 0.25) is 0 Å². The first kappa shape index (κ1) is 19.4. The number of amides is 3. The van der Waals surface area contributed by atoms with Crippen molar-refractivity contribution < 1.29 is 14.4 Å². The third-order valence-corrected chi connectivity index (χ3v) is 4.74. The maximum Gasteiger partial charge on any atom is 0.226 e. The Kier molecular flexibility index (Phi) is 6.99. The summed E-state index contributed by atoms with van der Waals surface area (Å²) in [7, 11) is 0. The van der Waals surface area contributed by atoms with E-state index in [0.717, 1.165) is 22.1 Å². The van der Waals surface area contributed by atoms with Crippen LogP contribution in [0.3, 0.4) is 0 Å². The van der Waals surface area contributed by atoms with Gasteiger partial charge in [0, 0.05) is 42.0 Å². The maximum absolute atomic E-state index is 11.9. The Morgan fingerprint density at radius 3 is 2.44 bits per heavy atom. The van der Waals surface area contributed by atoms with Gasteiger partial charge in [0.1, 0.15) is 0 Å². The number of carbonyl (C=O) groups excluding carboxylic acids is 3. The molecule has 0 spiro atoms. The summed E-state index contributed by atoms with van der Waals surface area (Å²) in [5, 5.41) is 8.29. The molecule has 7 heteroatoms. The zero-order valence-corrected chi connectivity index (χ0v) is 16.1. The van der Waals surface area contributed by atoms with Gasteiger partial charge in [-0.15, -0.1) is 0 Å². The van der Waals surface area contributed by atoms with Gasteiger partial charge in [-0.05, 0) is 37.0 Å². The van der Waals surface area contributed by atoms with E-state index < -0.39 is 0 Å². The highest BCUT2D eigenvalue weighted by Crippen LogP contribution is 2.37. The predicted octanol–water partition coefficient (Wildman–Crippen LogP) is 2.36. The molecule has 1 aliphatic rings. The summed E-state index contributed by atoms with van der Waals surface area (Å²) >= 11 is 3.37. The van der Waals surface area contributed by atoms with Crippen molar-refractivity contribution in [3.63, 3.8) is 0 Å². The molecule has 0 radical (unpaired) electrons. The van der Waals surface area contributed by atoms with Gasteiger partial charge >= 0.3 is 0 Å². The van der Waals surface area contributed by atoms with Crippen LogP contribution in [0.25, 0.3) is 0 Å². The topological polar surface area (TPSA) is 87.3 Å². The number of hydrogen-bond acceptors (Lipinski definition) is 3. The number of carbonyl (C=O) groups is 3. The average molecular weight is 410 g/mol. The molecule has 25 heavy (non-hydrogen) atoms. The summed E-state index contributed by atoms with van der Waals surface area (Å²) in [6.07, 6.45) is 1.35. The van der Waals surface area contributed by atoms with Crippen LogP contribution in [-0.2, 0) is 14.4 Å². The Bertz CT molecular complexity index is 663. The fourth-order valence-corrected chi connectivity index (χ4v) is 2.82. The van der Waals surface area contributed by atoms with Crippen molar-refractivity contribution in [2.45, 2.75) is 33.1 Å². The first-order valence-corrected chi connectivity index (χ1v) is 9.26. The summed E-state index contributed by atoms with van der Waals surface area (Å²) in [6, 6.07) is 5.67. The minimum absolute atomic E-state index is 0.0315. The normalized spacial score (nSPS) is 18.4. The highest BCUT2D eigenvalue weighted by molar-refractivity contribution is 9.10. The summed E-state index contributed by atoms with van der Waals surface area (Å²) < 4.78 is 0.893. The summed E-state index contributed by atoms with van der Waals surface area (Å²) in [5.41, 5.74) is 1.73. The molecular formula is C18H24BrN3O3. The third kappa shape index (κ3) is 6.49. The Morgan fingerprint density at radius 2 is 1.76 bits per heavy atom. The van der Waals surface area contributed by atoms with Gasteiger partial charge in [0.05, 0.1) is 0 Å². The molecule has 0 saturated heterocycles. The van der Waals surface area contributed by atoms with Crippen LogP contribution in [0, 0.1) is 18.8 Å². The molecule has 6 nitrogen and oxygen atoms in total. The number of halogens is 1. The maximum atomic E-state index is 11.9. The van der Waals surface area contributed by atoms with Crippen LogP contribution in [0.5, 0.6) is 0 Å². The Labute approximate surface area is 156 Å². The minimum atomic E-state index is -0.171. The van der Waals surface area contributed by atoms with Crippen LogP contribution in [0.4, 0.5) is 5.69 Å². The van der Waals surface area contributed by atoms with Crippen LogP contribution >= 0.6 is 15.9 Å².